The van der Waals surface area contributed by atoms with Gasteiger partial charge in [0, 0.05) is 32.2 Å². The highest BCUT2D eigenvalue weighted by Gasteiger charge is 2.36. The lowest BCUT2D eigenvalue weighted by Gasteiger charge is -2.40. The van der Waals surface area contributed by atoms with Crippen LogP contribution in [0.25, 0.3) is 0 Å². The fourth-order valence-corrected chi connectivity index (χ4v) is 4.48. The van der Waals surface area contributed by atoms with Crippen LogP contribution in [0, 0.1) is 0 Å². The molecule has 0 amide bonds. The molecule has 5 rings (SSSR count). The van der Waals surface area contributed by atoms with Crippen molar-refractivity contribution in [2.45, 2.75) is 18.6 Å². The number of fused-ring (bicyclic) bond motifs is 2. The number of anilines is 1. The summed E-state index contributed by atoms with van der Waals surface area (Å²) in [6.45, 7) is 4.97. The molecule has 136 valence electrons. The summed E-state index contributed by atoms with van der Waals surface area (Å²) in [5.74, 6) is 1.72. The van der Waals surface area contributed by atoms with Gasteiger partial charge in [-0.25, -0.2) is 0 Å². The van der Waals surface area contributed by atoms with Gasteiger partial charge < -0.3 is 19.5 Å². The summed E-state index contributed by atoms with van der Waals surface area (Å²) in [4.78, 5) is 4.81. The van der Waals surface area contributed by atoms with Crippen LogP contribution < -0.4 is 14.4 Å². The van der Waals surface area contributed by atoms with Crippen LogP contribution in [0.5, 0.6) is 11.5 Å². The molecule has 0 radical (unpaired) electrons. The van der Waals surface area contributed by atoms with E-state index in [-0.39, 0.29) is 12.1 Å². The van der Waals surface area contributed by atoms with Gasteiger partial charge in [0.1, 0.15) is 13.2 Å². The average Bonchev–Trinajstić information content (AvgIpc) is 3.05. The molecule has 2 aromatic rings. The third kappa shape index (κ3) is 2.63. The highest BCUT2D eigenvalue weighted by molar-refractivity contribution is 5.65. The van der Waals surface area contributed by atoms with Gasteiger partial charge in [0.05, 0.1) is 11.8 Å². The largest absolute Gasteiger partial charge is 0.486 e. The van der Waals surface area contributed by atoms with Crippen LogP contribution in [0.1, 0.15) is 17.2 Å². The van der Waals surface area contributed by atoms with Crippen molar-refractivity contribution in [1.29, 1.82) is 0 Å². The van der Waals surface area contributed by atoms with Gasteiger partial charge in [0.25, 0.3) is 0 Å². The lowest BCUT2D eigenvalue weighted by molar-refractivity contribution is 0.0571. The maximum absolute atomic E-state index is 10.7. The number of nitrogens with zero attached hydrogens (tertiary/aromatic N) is 2. The van der Waals surface area contributed by atoms with E-state index >= 15 is 0 Å². The van der Waals surface area contributed by atoms with E-state index in [1.54, 1.807) is 0 Å². The average molecular weight is 352 g/mol. The van der Waals surface area contributed by atoms with Gasteiger partial charge in [-0.1, -0.05) is 30.3 Å². The maximum atomic E-state index is 10.7. The minimum Gasteiger partial charge on any atom is -0.486 e. The van der Waals surface area contributed by atoms with Gasteiger partial charge in [-0.15, -0.1) is 0 Å². The molecule has 2 heterocycles. The Kier molecular flexibility index (Phi) is 3.98. The molecule has 1 aliphatic carbocycles. The van der Waals surface area contributed by atoms with Gasteiger partial charge in [0.2, 0.25) is 0 Å². The highest BCUT2D eigenvalue weighted by atomic mass is 16.6. The van der Waals surface area contributed by atoms with Crippen LogP contribution >= 0.6 is 0 Å². The minimum atomic E-state index is -0.376. The monoisotopic (exact) mass is 352 g/mol. The highest BCUT2D eigenvalue weighted by Crippen LogP contribution is 2.40. The van der Waals surface area contributed by atoms with E-state index in [1.165, 1.54) is 5.56 Å². The Morgan fingerprint density at radius 2 is 1.69 bits per heavy atom. The predicted octanol–water partition coefficient (Wildman–Crippen LogP) is 2.24. The molecule has 2 aliphatic heterocycles. The second-order valence-corrected chi connectivity index (χ2v) is 7.24. The fraction of sp³-hybridized carbons (Fsp3) is 0.429. The number of para-hydroxylation sites is 1. The number of ether oxygens (including phenoxy) is 2. The van der Waals surface area contributed by atoms with E-state index < -0.39 is 0 Å². The van der Waals surface area contributed by atoms with E-state index in [1.807, 2.05) is 18.2 Å². The van der Waals surface area contributed by atoms with Crippen LogP contribution in [0.4, 0.5) is 5.69 Å². The standard InChI is InChI=1S/C21H24N2O3/c24-20-16-5-2-1-4-15(16)14-18(20)23-10-8-22(9-11-23)17-6-3-7-19-21(17)26-13-12-25-19/h1-7,18,20,24H,8-14H2/t18-,20-/m0/s1. The summed E-state index contributed by atoms with van der Waals surface area (Å²) in [7, 11) is 0. The van der Waals surface area contributed by atoms with Crippen LogP contribution in [0.2, 0.25) is 0 Å². The Morgan fingerprint density at radius 1 is 0.885 bits per heavy atom. The predicted molar refractivity (Wildman–Crippen MR) is 100 cm³/mol. The van der Waals surface area contributed by atoms with Gasteiger partial charge in [-0.3, -0.25) is 4.90 Å². The zero-order valence-corrected chi connectivity index (χ0v) is 14.8. The third-order valence-electron chi connectivity index (χ3n) is 5.84. The van der Waals surface area contributed by atoms with Crippen LogP contribution in [0.3, 0.4) is 0 Å². The zero-order chi connectivity index (χ0) is 17.5. The van der Waals surface area contributed by atoms with E-state index in [4.69, 9.17) is 9.47 Å². The Bertz CT molecular complexity index is 802. The first-order chi connectivity index (χ1) is 12.8. The molecule has 5 heteroatoms. The van der Waals surface area contributed by atoms with Crippen LogP contribution in [-0.4, -0.2) is 55.4 Å². The molecule has 0 unspecified atom stereocenters. The lowest BCUT2D eigenvalue weighted by Crippen LogP contribution is -2.51. The quantitative estimate of drug-likeness (QED) is 0.898. The van der Waals surface area contributed by atoms with Crippen molar-refractivity contribution in [2.24, 2.45) is 0 Å². The Morgan fingerprint density at radius 3 is 2.54 bits per heavy atom. The molecule has 5 nitrogen and oxygen atoms in total. The first-order valence-electron chi connectivity index (χ1n) is 9.45. The second kappa shape index (κ2) is 6.49. The number of benzene rings is 2. The molecule has 0 saturated carbocycles. The lowest BCUT2D eigenvalue weighted by atomic mass is 10.1. The molecule has 2 atom stereocenters. The SMILES string of the molecule is O[C@H]1c2ccccc2C[C@@H]1N1CCN(c2cccc3c2OCCO3)CC1. The van der Waals surface area contributed by atoms with Crippen molar-refractivity contribution < 1.29 is 14.6 Å². The Balaban J connectivity index is 1.29. The topological polar surface area (TPSA) is 45.2 Å². The number of piperazine rings is 1. The van der Waals surface area contributed by atoms with E-state index in [0.29, 0.717) is 13.2 Å². The number of rotatable bonds is 2. The molecule has 3 aliphatic rings. The van der Waals surface area contributed by atoms with Crippen molar-refractivity contribution in [2.75, 3.05) is 44.3 Å². The van der Waals surface area contributed by atoms with Crippen molar-refractivity contribution >= 4 is 5.69 Å². The molecule has 1 N–H and O–H groups in total. The van der Waals surface area contributed by atoms with Crippen molar-refractivity contribution in [1.82, 2.24) is 4.90 Å². The number of hydrogen-bond donors (Lipinski definition) is 1. The van der Waals surface area contributed by atoms with Crippen LogP contribution in [0.15, 0.2) is 42.5 Å². The van der Waals surface area contributed by atoms with Crippen molar-refractivity contribution in [3.05, 3.63) is 53.6 Å². The summed E-state index contributed by atoms with van der Waals surface area (Å²) in [6.07, 6.45) is 0.564. The molecule has 1 fully saturated rings. The first kappa shape index (κ1) is 16.0. The summed E-state index contributed by atoms with van der Waals surface area (Å²) >= 11 is 0. The molecule has 1 saturated heterocycles. The van der Waals surface area contributed by atoms with E-state index in [2.05, 4.69) is 34.1 Å². The number of hydrogen-bond acceptors (Lipinski definition) is 5. The summed E-state index contributed by atoms with van der Waals surface area (Å²) in [6, 6.07) is 14.6. The van der Waals surface area contributed by atoms with Gasteiger partial charge in [0.15, 0.2) is 11.5 Å². The van der Waals surface area contributed by atoms with Gasteiger partial charge in [-0.2, -0.15) is 0 Å². The maximum Gasteiger partial charge on any atom is 0.184 e. The molecule has 2 aromatic carbocycles. The Labute approximate surface area is 153 Å². The third-order valence-corrected chi connectivity index (χ3v) is 5.84. The second-order valence-electron chi connectivity index (χ2n) is 7.24. The zero-order valence-electron chi connectivity index (χ0n) is 14.8. The summed E-state index contributed by atoms with van der Waals surface area (Å²) < 4.78 is 11.6. The first-order valence-corrected chi connectivity index (χ1v) is 9.45. The molecule has 0 spiro atoms. The van der Waals surface area contributed by atoms with E-state index in [9.17, 15) is 5.11 Å². The number of aliphatic hydroxyl groups is 1. The molecular formula is C21H24N2O3. The van der Waals surface area contributed by atoms with Gasteiger partial charge in [-0.05, 0) is 29.7 Å². The summed E-state index contributed by atoms with van der Waals surface area (Å²) in [5.41, 5.74) is 3.51. The summed E-state index contributed by atoms with van der Waals surface area (Å²) in [5, 5.41) is 10.7. The van der Waals surface area contributed by atoms with Gasteiger partial charge >= 0.3 is 0 Å². The van der Waals surface area contributed by atoms with Crippen molar-refractivity contribution in [3.63, 3.8) is 0 Å². The smallest absolute Gasteiger partial charge is 0.184 e. The molecule has 0 bridgehead atoms. The molecule has 0 aromatic heterocycles. The van der Waals surface area contributed by atoms with Crippen molar-refractivity contribution in [3.8, 4) is 11.5 Å². The normalized spacial score (nSPS) is 25.2. The molecule has 26 heavy (non-hydrogen) atoms. The molecular weight excluding hydrogens is 328 g/mol. The number of aliphatic hydroxyl groups excluding tert-OH is 1. The van der Waals surface area contributed by atoms with E-state index in [0.717, 1.165) is 55.3 Å². The Hall–Kier alpha value is -2.24. The minimum absolute atomic E-state index is 0.193. The fourth-order valence-electron chi connectivity index (χ4n) is 4.48. The van der Waals surface area contributed by atoms with Crippen LogP contribution in [-0.2, 0) is 6.42 Å².